The van der Waals surface area contributed by atoms with E-state index in [-0.39, 0.29) is 12.0 Å². The van der Waals surface area contributed by atoms with Crippen molar-refractivity contribution < 1.29 is 14.3 Å². The molecule has 6 heteroatoms. The van der Waals surface area contributed by atoms with E-state index in [0.29, 0.717) is 43.3 Å². The highest BCUT2D eigenvalue weighted by atomic mass is 35.5. The Labute approximate surface area is 163 Å². The van der Waals surface area contributed by atoms with E-state index in [0.717, 1.165) is 16.7 Å². The summed E-state index contributed by atoms with van der Waals surface area (Å²) in [5, 5.41) is 0.706. The smallest absolute Gasteiger partial charge is 0.290 e. The minimum Gasteiger partial charge on any atom is -0.365 e. The number of fused-ring (bicyclic) bond motifs is 2. The van der Waals surface area contributed by atoms with E-state index in [4.69, 9.17) is 16.3 Å². The van der Waals surface area contributed by atoms with E-state index in [1.807, 2.05) is 31.2 Å². The molecule has 1 aromatic heterocycles. The number of Topliss-reactive ketones (excluding diaryl/α,β-unsaturated/α-hetero) is 1. The minimum absolute atomic E-state index is 0.0403. The number of aromatic nitrogens is 1. The van der Waals surface area contributed by atoms with Crippen molar-refractivity contribution in [3.05, 3.63) is 63.9 Å². The van der Waals surface area contributed by atoms with Crippen LogP contribution >= 0.6 is 11.6 Å². The summed E-state index contributed by atoms with van der Waals surface area (Å²) in [5.74, 6) is -0.844. The third-order valence-corrected chi connectivity index (χ3v) is 5.71. The number of ketones is 1. The van der Waals surface area contributed by atoms with E-state index >= 15 is 0 Å². The Morgan fingerprint density at radius 1 is 1.22 bits per heavy atom. The predicted octanol–water partition coefficient (Wildman–Crippen LogP) is 3.20. The third kappa shape index (κ3) is 3.49. The van der Waals surface area contributed by atoms with E-state index in [1.165, 1.54) is 0 Å². The van der Waals surface area contributed by atoms with Crippen molar-refractivity contribution in [1.82, 2.24) is 9.88 Å². The molecule has 1 aromatic carbocycles. The lowest BCUT2D eigenvalue weighted by Crippen LogP contribution is -2.47. The molecule has 0 unspecified atom stereocenters. The number of aryl methyl sites for hydroxylation is 1. The zero-order valence-corrected chi connectivity index (χ0v) is 16.0. The van der Waals surface area contributed by atoms with Crippen LogP contribution in [0.5, 0.6) is 0 Å². The minimum atomic E-state index is -0.429. The lowest BCUT2D eigenvalue weighted by atomic mass is 9.83. The summed E-state index contributed by atoms with van der Waals surface area (Å²) >= 11 is 6.07. The van der Waals surface area contributed by atoms with Crippen molar-refractivity contribution in [3.8, 4) is 0 Å². The average Bonchev–Trinajstić information content (AvgIpc) is 3.01. The first-order valence-electron chi connectivity index (χ1n) is 9.13. The molecule has 1 spiro atoms. The summed E-state index contributed by atoms with van der Waals surface area (Å²) in [6.07, 6.45) is 3.12. The Hall–Kier alpha value is -2.24. The van der Waals surface area contributed by atoms with Gasteiger partial charge in [-0.2, -0.15) is 0 Å². The number of benzene rings is 1. The van der Waals surface area contributed by atoms with E-state index in [1.54, 1.807) is 17.2 Å². The van der Waals surface area contributed by atoms with Gasteiger partial charge in [-0.1, -0.05) is 23.7 Å². The van der Waals surface area contributed by atoms with Gasteiger partial charge in [0.05, 0.1) is 18.6 Å². The van der Waals surface area contributed by atoms with Gasteiger partial charge in [0.15, 0.2) is 0 Å². The summed E-state index contributed by atoms with van der Waals surface area (Å²) in [4.78, 5) is 30.8. The van der Waals surface area contributed by atoms with Crippen molar-refractivity contribution >= 4 is 23.3 Å². The lowest BCUT2D eigenvalue weighted by molar-refractivity contribution is -0.149. The molecule has 27 heavy (non-hydrogen) atoms. The average molecular weight is 385 g/mol. The van der Waals surface area contributed by atoms with Gasteiger partial charge >= 0.3 is 0 Å². The van der Waals surface area contributed by atoms with Crippen LogP contribution in [0.3, 0.4) is 0 Å². The van der Waals surface area contributed by atoms with Crippen LogP contribution in [0, 0.1) is 6.92 Å². The van der Waals surface area contributed by atoms with Crippen LogP contribution in [0.2, 0.25) is 5.02 Å². The van der Waals surface area contributed by atoms with Gasteiger partial charge < -0.3 is 9.64 Å². The first-order valence-corrected chi connectivity index (χ1v) is 9.51. The highest BCUT2D eigenvalue weighted by molar-refractivity contribution is 6.36. The van der Waals surface area contributed by atoms with Gasteiger partial charge in [-0.25, -0.2) is 0 Å². The molecule has 0 radical (unpaired) electrons. The summed E-state index contributed by atoms with van der Waals surface area (Å²) in [6.45, 7) is 3.49. The van der Waals surface area contributed by atoms with Gasteiger partial charge in [0.1, 0.15) is 0 Å². The summed E-state index contributed by atoms with van der Waals surface area (Å²) in [6, 6.07) is 9.54. The molecule has 3 heterocycles. The molecule has 0 bridgehead atoms. The molecule has 4 rings (SSSR count). The number of carbonyl (C=O) groups excluding carboxylic acids is 2. The van der Waals surface area contributed by atoms with Crippen LogP contribution < -0.4 is 0 Å². The molecule has 2 aliphatic rings. The number of piperidine rings is 1. The van der Waals surface area contributed by atoms with Crippen molar-refractivity contribution in [2.45, 2.75) is 38.4 Å². The second kappa shape index (κ2) is 7.06. The Kier molecular flexibility index (Phi) is 4.74. The number of ether oxygens (including phenoxy) is 1. The number of hydrogen-bond donors (Lipinski definition) is 0. The van der Waals surface area contributed by atoms with Crippen LogP contribution in [0.4, 0.5) is 0 Å². The van der Waals surface area contributed by atoms with Crippen molar-refractivity contribution in [1.29, 1.82) is 0 Å². The maximum Gasteiger partial charge on any atom is 0.290 e. The van der Waals surface area contributed by atoms with Gasteiger partial charge in [0.25, 0.3) is 5.91 Å². The van der Waals surface area contributed by atoms with Crippen LogP contribution in [0.15, 0.2) is 36.5 Å². The Morgan fingerprint density at radius 3 is 2.70 bits per heavy atom. The number of hydrogen-bond acceptors (Lipinski definition) is 4. The van der Waals surface area contributed by atoms with Gasteiger partial charge in [0, 0.05) is 30.0 Å². The largest absolute Gasteiger partial charge is 0.365 e. The van der Waals surface area contributed by atoms with Crippen LogP contribution in [-0.2, 0) is 33.0 Å². The lowest BCUT2D eigenvalue weighted by Gasteiger charge is -2.39. The van der Waals surface area contributed by atoms with Crippen molar-refractivity contribution in [3.63, 3.8) is 0 Å². The van der Waals surface area contributed by atoms with Gasteiger partial charge in [-0.15, -0.1) is 0 Å². The third-order valence-electron chi connectivity index (χ3n) is 5.47. The zero-order valence-electron chi connectivity index (χ0n) is 15.2. The first kappa shape index (κ1) is 18.1. The molecule has 1 saturated heterocycles. The Balaban J connectivity index is 1.40. The van der Waals surface area contributed by atoms with E-state index in [2.05, 4.69) is 4.98 Å². The fraction of sp³-hybridized carbons (Fsp3) is 0.381. The molecule has 0 atom stereocenters. The van der Waals surface area contributed by atoms with Gasteiger partial charge in [-0.05, 0) is 54.7 Å². The second-order valence-electron chi connectivity index (χ2n) is 7.30. The van der Waals surface area contributed by atoms with Gasteiger partial charge in [-0.3, -0.25) is 14.6 Å². The topological polar surface area (TPSA) is 59.5 Å². The second-order valence-corrected chi connectivity index (χ2v) is 7.74. The van der Waals surface area contributed by atoms with Crippen LogP contribution in [0.1, 0.15) is 35.2 Å². The Bertz CT molecular complexity index is 887. The van der Waals surface area contributed by atoms with E-state index < -0.39 is 11.7 Å². The maximum atomic E-state index is 12.6. The molecule has 1 amide bonds. The van der Waals surface area contributed by atoms with Crippen molar-refractivity contribution in [2.24, 2.45) is 0 Å². The van der Waals surface area contributed by atoms with Crippen LogP contribution in [-0.4, -0.2) is 34.7 Å². The summed E-state index contributed by atoms with van der Waals surface area (Å²) in [5.41, 5.74) is 3.56. The number of carbonyl (C=O) groups is 2. The maximum absolute atomic E-state index is 12.6. The highest BCUT2D eigenvalue weighted by Gasteiger charge is 2.43. The SMILES string of the molecule is Cc1ccc(CC(=O)C(=O)N2CCC3(CC2)OCc2cc(Cl)ccc23)nc1. The zero-order chi connectivity index (χ0) is 19.0. The molecule has 140 valence electrons. The number of halogens is 1. The highest BCUT2D eigenvalue weighted by Crippen LogP contribution is 2.44. The molecule has 2 aliphatic heterocycles. The molecular weight excluding hydrogens is 364 g/mol. The monoisotopic (exact) mass is 384 g/mol. The predicted molar refractivity (Wildman–Crippen MR) is 101 cm³/mol. The number of nitrogens with zero attached hydrogens (tertiary/aromatic N) is 2. The molecule has 1 fully saturated rings. The quantitative estimate of drug-likeness (QED) is 0.762. The molecular formula is C21H21ClN2O3. The standard InChI is InChI=1S/C21H21ClN2O3/c1-14-2-4-17(23-12-14)11-19(25)20(26)24-8-6-21(7-9-24)18-5-3-16(22)10-15(18)13-27-21/h2-5,10,12H,6-9,11,13H2,1H3. The number of rotatable bonds is 3. The summed E-state index contributed by atoms with van der Waals surface area (Å²) in [7, 11) is 0. The number of amides is 1. The normalized spacial score (nSPS) is 17.8. The molecule has 0 saturated carbocycles. The van der Waals surface area contributed by atoms with Gasteiger partial charge in [0.2, 0.25) is 5.78 Å². The number of likely N-dealkylation sites (tertiary alicyclic amines) is 1. The first-order chi connectivity index (χ1) is 13.0. The molecule has 2 aromatic rings. The van der Waals surface area contributed by atoms with E-state index in [9.17, 15) is 9.59 Å². The fourth-order valence-electron chi connectivity index (χ4n) is 3.92. The summed E-state index contributed by atoms with van der Waals surface area (Å²) < 4.78 is 6.11. The fourth-order valence-corrected chi connectivity index (χ4v) is 4.12. The Morgan fingerprint density at radius 2 is 2.00 bits per heavy atom. The molecule has 0 N–H and O–H groups in total. The molecule has 0 aliphatic carbocycles. The molecule has 5 nitrogen and oxygen atoms in total. The van der Waals surface area contributed by atoms with Crippen LogP contribution in [0.25, 0.3) is 0 Å². The van der Waals surface area contributed by atoms with Crippen molar-refractivity contribution in [2.75, 3.05) is 13.1 Å². The number of pyridine rings is 1.